The van der Waals surface area contributed by atoms with E-state index in [2.05, 4.69) is 22.5 Å². The standard InChI is InChI=1S/C17H19F2N3O2S/c1-3-5-13-14(4-2)25-17(21-13)22-15(23)9-20-16(24)10-6-11(18)8-12(19)7-10/h6-8H,3-5,9H2,1-2H3,(H,20,24)(H,21,22,23). The molecule has 0 aliphatic carbocycles. The molecule has 2 rings (SSSR count). The van der Waals surface area contributed by atoms with Gasteiger partial charge in [0.1, 0.15) is 11.6 Å². The molecule has 0 saturated carbocycles. The molecule has 2 aromatic rings. The Labute approximate surface area is 148 Å². The predicted octanol–water partition coefficient (Wildman–Crippen LogP) is 3.30. The highest BCUT2D eigenvalue weighted by Crippen LogP contribution is 2.24. The number of thiazole rings is 1. The van der Waals surface area contributed by atoms with Gasteiger partial charge in [-0.3, -0.25) is 9.59 Å². The van der Waals surface area contributed by atoms with Crippen LogP contribution in [0.5, 0.6) is 0 Å². The van der Waals surface area contributed by atoms with E-state index in [4.69, 9.17) is 0 Å². The van der Waals surface area contributed by atoms with Gasteiger partial charge in [-0.2, -0.15) is 0 Å². The number of nitrogens with zero attached hydrogens (tertiary/aromatic N) is 1. The highest BCUT2D eigenvalue weighted by atomic mass is 32.1. The van der Waals surface area contributed by atoms with Crippen LogP contribution in [0.3, 0.4) is 0 Å². The number of benzene rings is 1. The summed E-state index contributed by atoms with van der Waals surface area (Å²) in [5.74, 6) is -2.89. The summed E-state index contributed by atoms with van der Waals surface area (Å²) < 4.78 is 26.2. The van der Waals surface area contributed by atoms with Crippen LogP contribution in [0, 0.1) is 11.6 Å². The first-order chi connectivity index (χ1) is 11.9. The number of aryl methyl sites for hydroxylation is 2. The van der Waals surface area contributed by atoms with Gasteiger partial charge in [-0.15, -0.1) is 11.3 Å². The quantitative estimate of drug-likeness (QED) is 0.789. The molecule has 0 saturated heterocycles. The third-order valence-electron chi connectivity index (χ3n) is 3.37. The molecular weight excluding hydrogens is 348 g/mol. The molecule has 25 heavy (non-hydrogen) atoms. The van der Waals surface area contributed by atoms with Gasteiger partial charge in [0.2, 0.25) is 5.91 Å². The van der Waals surface area contributed by atoms with Crippen molar-refractivity contribution in [2.45, 2.75) is 33.1 Å². The molecule has 0 radical (unpaired) electrons. The zero-order valence-electron chi connectivity index (χ0n) is 14.0. The van der Waals surface area contributed by atoms with Crippen LogP contribution in [0.15, 0.2) is 18.2 Å². The highest BCUT2D eigenvalue weighted by molar-refractivity contribution is 7.15. The molecule has 2 N–H and O–H groups in total. The van der Waals surface area contributed by atoms with Crippen LogP contribution in [0.4, 0.5) is 13.9 Å². The van der Waals surface area contributed by atoms with Crippen molar-refractivity contribution in [2.75, 3.05) is 11.9 Å². The van der Waals surface area contributed by atoms with Crippen LogP contribution in [0.2, 0.25) is 0 Å². The van der Waals surface area contributed by atoms with Crippen LogP contribution in [-0.4, -0.2) is 23.3 Å². The first kappa shape index (κ1) is 19.0. The Morgan fingerprint density at radius 1 is 1.16 bits per heavy atom. The largest absolute Gasteiger partial charge is 0.343 e. The number of carbonyl (C=O) groups is 2. The molecule has 0 spiro atoms. The summed E-state index contributed by atoms with van der Waals surface area (Å²) in [6.45, 7) is 3.76. The van der Waals surface area contributed by atoms with E-state index >= 15 is 0 Å². The van der Waals surface area contributed by atoms with Crippen molar-refractivity contribution >= 4 is 28.3 Å². The minimum absolute atomic E-state index is 0.182. The maximum absolute atomic E-state index is 13.1. The Kier molecular flexibility index (Phi) is 6.58. The maximum Gasteiger partial charge on any atom is 0.251 e. The lowest BCUT2D eigenvalue weighted by Gasteiger charge is -2.05. The number of rotatable bonds is 7. The molecule has 5 nitrogen and oxygen atoms in total. The maximum atomic E-state index is 13.1. The van der Waals surface area contributed by atoms with E-state index in [0.29, 0.717) is 11.2 Å². The Morgan fingerprint density at radius 3 is 2.44 bits per heavy atom. The summed E-state index contributed by atoms with van der Waals surface area (Å²) in [7, 11) is 0. The van der Waals surface area contributed by atoms with Crippen LogP contribution in [0.25, 0.3) is 0 Å². The molecule has 8 heteroatoms. The minimum atomic E-state index is -0.854. The third kappa shape index (κ3) is 5.32. The summed E-state index contributed by atoms with van der Waals surface area (Å²) in [4.78, 5) is 29.3. The van der Waals surface area contributed by atoms with E-state index in [0.717, 1.165) is 42.0 Å². The molecule has 2 amide bonds. The van der Waals surface area contributed by atoms with Crippen molar-refractivity contribution in [1.29, 1.82) is 0 Å². The molecule has 1 aromatic heterocycles. The summed E-state index contributed by atoms with van der Waals surface area (Å²) >= 11 is 1.41. The fourth-order valence-electron chi connectivity index (χ4n) is 2.26. The van der Waals surface area contributed by atoms with Gasteiger partial charge in [0.05, 0.1) is 12.2 Å². The van der Waals surface area contributed by atoms with E-state index in [1.807, 2.05) is 6.92 Å². The Hall–Kier alpha value is -2.35. The van der Waals surface area contributed by atoms with Gasteiger partial charge in [0, 0.05) is 16.5 Å². The monoisotopic (exact) mass is 367 g/mol. The lowest BCUT2D eigenvalue weighted by Crippen LogP contribution is -2.32. The van der Waals surface area contributed by atoms with Gasteiger partial charge in [-0.1, -0.05) is 20.3 Å². The Balaban J connectivity index is 1.93. The second kappa shape index (κ2) is 8.66. The lowest BCUT2D eigenvalue weighted by atomic mass is 10.2. The molecule has 0 unspecified atom stereocenters. The fraction of sp³-hybridized carbons (Fsp3) is 0.353. The van der Waals surface area contributed by atoms with Gasteiger partial charge < -0.3 is 10.6 Å². The Morgan fingerprint density at radius 2 is 1.84 bits per heavy atom. The average molecular weight is 367 g/mol. The number of hydrogen-bond donors (Lipinski definition) is 2. The van der Waals surface area contributed by atoms with Crippen LogP contribution in [0.1, 0.15) is 41.2 Å². The van der Waals surface area contributed by atoms with Crippen molar-refractivity contribution in [3.63, 3.8) is 0 Å². The van der Waals surface area contributed by atoms with E-state index in [9.17, 15) is 18.4 Å². The third-order valence-corrected chi connectivity index (χ3v) is 4.52. The van der Waals surface area contributed by atoms with Crippen molar-refractivity contribution in [3.05, 3.63) is 46.0 Å². The molecule has 0 aliphatic rings. The molecular formula is C17H19F2N3O2S. The first-order valence-corrected chi connectivity index (χ1v) is 8.77. The summed E-state index contributed by atoms with van der Waals surface area (Å²) in [5, 5.41) is 5.44. The SMILES string of the molecule is CCCc1nc(NC(=O)CNC(=O)c2cc(F)cc(F)c2)sc1CC. The van der Waals surface area contributed by atoms with Crippen molar-refractivity contribution in [1.82, 2.24) is 10.3 Å². The van der Waals surface area contributed by atoms with E-state index in [-0.39, 0.29) is 12.1 Å². The van der Waals surface area contributed by atoms with E-state index < -0.39 is 23.4 Å². The fourth-order valence-corrected chi connectivity index (χ4v) is 3.22. The molecule has 1 heterocycles. The molecule has 1 aromatic carbocycles. The number of halogens is 2. The van der Waals surface area contributed by atoms with Gasteiger partial charge >= 0.3 is 0 Å². The number of nitrogens with one attached hydrogen (secondary N) is 2. The smallest absolute Gasteiger partial charge is 0.251 e. The molecule has 0 aliphatic heterocycles. The van der Waals surface area contributed by atoms with Crippen molar-refractivity contribution in [2.24, 2.45) is 0 Å². The molecule has 134 valence electrons. The van der Waals surface area contributed by atoms with Crippen LogP contribution in [-0.2, 0) is 17.6 Å². The topological polar surface area (TPSA) is 71.1 Å². The van der Waals surface area contributed by atoms with E-state index in [1.54, 1.807) is 0 Å². The van der Waals surface area contributed by atoms with Gasteiger partial charge in [0.15, 0.2) is 5.13 Å². The number of hydrogen-bond acceptors (Lipinski definition) is 4. The van der Waals surface area contributed by atoms with Gasteiger partial charge in [-0.05, 0) is 25.0 Å². The molecule has 0 atom stereocenters. The van der Waals surface area contributed by atoms with Gasteiger partial charge in [0.25, 0.3) is 5.91 Å². The van der Waals surface area contributed by atoms with E-state index in [1.165, 1.54) is 11.3 Å². The van der Waals surface area contributed by atoms with Crippen molar-refractivity contribution in [3.8, 4) is 0 Å². The molecule has 0 bridgehead atoms. The van der Waals surface area contributed by atoms with Gasteiger partial charge in [-0.25, -0.2) is 13.8 Å². The number of anilines is 1. The zero-order chi connectivity index (χ0) is 18.4. The average Bonchev–Trinajstić information content (AvgIpc) is 2.93. The van der Waals surface area contributed by atoms with Crippen LogP contribution >= 0.6 is 11.3 Å². The summed E-state index contributed by atoms with van der Waals surface area (Å²) in [5.41, 5.74) is 0.794. The second-order valence-electron chi connectivity index (χ2n) is 5.38. The number of amides is 2. The first-order valence-electron chi connectivity index (χ1n) is 7.95. The Bertz CT molecular complexity index is 757. The second-order valence-corrected chi connectivity index (χ2v) is 6.47. The normalized spacial score (nSPS) is 10.6. The zero-order valence-corrected chi connectivity index (χ0v) is 14.8. The molecule has 0 fully saturated rings. The van der Waals surface area contributed by atoms with Crippen molar-refractivity contribution < 1.29 is 18.4 Å². The summed E-state index contributed by atoms with van der Waals surface area (Å²) in [6.07, 6.45) is 2.65. The minimum Gasteiger partial charge on any atom is -0.343 e. The number of aromatic nitrogens is 1. The van der Waals surface area contributed by atoms with Crippen LogP contribution < -0.4 is 10.6 Å². The lowest BCUT2D eigenvalue weighted by molar-refractivity contribution is -0.115. The summed E-state index contributed by atoms with van der Waals surface area (Å²) in [6, 6.07) is 2.48. The predicted molar refractivity (Wildman–Crippen MR) is 92.8 cm³/mol. The number of carbonyl (C=O) groups excluding carboxylic acids is 2. The highest BCUT2D eigenvalue weighted by Gasteiger charge is 2.14.